The Hall–Kier alpha value is -5.28. The van der Waals surface area contributed by atoms with Crippen LogP contribution in [0.25, 0.3) is 11.5 Å². The Balaban J connectivity index is 0.000000216. The number of aliphatic hydroxyl groups excluding tert-OH is 4. The standard InChI is InChI=1S/2C23H27N3O7.I2/c2*1-25(2)12-5-6-13(27)15-10(12)7-9-8-11-17(26(3)4)19(29)16(22(24)32)21(31)23(11,33)20(30)14(9)18(15)28;1-2/h2*5-6,9,11,17,27-28,31,33H,7-8H2,1-4H3,(H2,24,32);/t9?,11-,17+,23-;9?,11-,17-,23-;/m00./s1. The first-order valence-electron chi connectivity index (χ1n) is 21.2. The van der Waals surface area contributed by atoms with Gasteiger partial charge < -0.3 is 62.1 Å². The van der Waals surface area contributed by atoms with Gasteiger partial charge in [-0.05, 0) is 101 Å². The molecule has 2 fully saturated rings. The summed E-state index contributed by atoms with van der Waals surface area (Å²) in [5.41, 5.74) is 6.30. The van der Waals surface area contributed by atoms with Crippen molar-refractivity contribution < 1.29 is 69.6 Å². The third kappa shape index (κ3) is 7.61. The predicted molar refractivity (Wildman–Crippen MR) is 265 cm³/mol. The van der Waals surface area contributed by atoms with Crippen LogP contribution in [-0.4, -0.2) is 165 Å². The van der Waals surface area contributed by atoms with E-state index in [2.05, 4.69) is 37.2 Å². The number of carbonyl (C=O) groups is 6. The highest BCUT2D eigenvalue weighted by Crippen LogP contribution is 2.55. The Morgan fingerprint density at radius 1 is 0.574 bits per heavy atom. The molecule has 0 radical (unpaired) electrons. The molecule has 8 atom stereocenters. The number of anilines is 2. The number of nitrogens with two attached hydrogens (primary N) is 2. The quantitative estimate of drug-likeness (QED) is 0.146. The van der Waals surface area contributed by atoms with E-state index in [0.717, 1.165) is 11.4 Å². The van der Waals surface area contributed by atoms with Crippen molar-refractivity contribution in [3.05, 3.63) is 80.3 Å². The Kier molecular flexibility index (Phi) is 14.2. The second-order valence-corrected chi connectivity index (χ2v) is 18.6. The van der Waals surface area contributed by atoms with Crippen molar-refractivity contribution >= 4 is 95.1 Å². The summed E-state index contributed by atoms with van der Waals surface area (Å²) >= 11 is 4.24. The molecule has 0 aliphatic heterocycles. The molecule has 0 saturated heterocycles. The maximum Gasteiger partial charge on any atom is 0.255 e. The van der Waals surface area contributed by atoms with E-state index in [-0.39, 0.29) is 59.5 Å². The average Bonchev–Trinajstić information content (AvgIpc) is 3.23. The van der Waals surface area contributed by atoms with Crippen molar-refractivity contribution in [3.8, 4) is 11.5 Å². The molecular weight excluding hydrogens is 1110 g/mol. The van der Waals surface area contributed by atoms with Gasteiger partial charge in [-0.3, -0.25) is 38.6 Å². The summed E-state index contributed by atoms with van der Waals surface area (Å²) in [6.45, 7) is 0. The van der Waals surface area contributed by atoms with Crippen LogP contribution in [0.4, 0.5) is 11.4 Å². The lowest BCUT2D eigenvalue weighted by Crippen LogP contribution is -2.65. The summed E-state index contributed by atoms with van der Waals surface area (Å²) in [5.74, 6) is -13.1. The second-order valence-electron chi connectivity index (χ2n) is 18.6. The van der Waals surface area contributed by atoms with Gasteiger partial charge in [0.05, 0.1) is 23.2 Å². The minimum Gasteiger partial charge on any atom is -0.508 e. The lowest BCUT2D eigenvalue weighted by molar-refractivity contribution is -0.155. The number of amides is 2. The van der Waals surface area contributed by atoms with Crippen molar-refractivity contribution in [3.63, 3.8) is 0 Å². The van der Waals surface area contributed by atoms with Gasteiger partial charge in [-0.1, -0.05) is 0 Å². The highest BCUT2D eigenvalue weighted by Gasteiger charge is 2.66. The Morgan fingerprint density at radius 2 is 0.882 bits per heavy atom. The van der Waals surface area contributed by atoms with Crippen LogP contribution in [0.15, 0.2) is 58.1 Å². The van der Waals surface area contributed by atoms with E-state index in [1.165, 1.54) is 21.9 Å². The molecule has 68 heavy (non-hydrogen) atoms. The molecule has 2 aromatic rings. The van der Waals surface area contributed by atoms with Gasteiger partial charge in [-0.2, -0.15) is 0 Å². The maximum atomic E-state index is 13.7. The fourth-order valence-corrected chi connectivity index (χ4v) is 11.3. The third-order valence-corrected chi connectivity index (χ3v) is 14.1. The SMILES string of the molecule is CN(C)c1ccc(O)c2c1CC1C[C@H]3[C@@H](N(C)C)C(=O)C(C(N)=O)=C(O)[C@@]3(O)C(=O)C1=C2O.CN(C)c1ccc(O)c2c1CC1C[C@H]3[C@H](N(C)C)C(=O)C(C(N)=O)=C(O)[C@@]3(O)C(=O)C1=C2O.II. The van der Waals surface area contributed by atoms with Crippen molar-refractivity contribution in [1.82, 2.24) is 9.80 Å². The number of fused-ring (bicyclic) bond motifs is 6. The number of aromatic hydroxyl groups is 2. The number of benzene rings is 2. The molecular formula is C46H54I2N6O14. The number of likely N-dealkylation sites (N-methyl/N-ethyl adjacent to an activating group) is 2. The molecule has 0 bridgehead atoms. The molecule has 0 aromatic heterocycles. The summed E-state index contributed by atoms with van der Waals surface area (Å²) in [5, 5.41) is 87.8. The van der Waals surface area contributed by atoms with Gasteiger partial charge in [0.2, 0.25) is 11.6 Å². The molecule has 20 nitrogen and oxygen atoms in total. The highest BCUT2D eigenvalue weighted by atomic mass is 128. The second kappa shape index (κ2) is 18.6. The normalized spacial score (nSPS) is 28.3. The summed E-state index contributed by atoms with van der Waals surface area (Å²) in [6, 6.07) is 4.02. The lowest BCUT2D eigenvalue weighted by Gasteiger charge is -2.50. The first kappa shape index (κ1) is 52.1. The minimum atomic E-state index is -2.63. The first-order valence-corrected chi connectivity index (χ1v) is 27.4. The van der Waals surface area contributed by atoms with Crippen LogP contribution in [0.2, 0.25) is 0 Å². The molecule has 0 heterocycles. The fraction of sp³-hybridized carbons (Fsp3) is 0.435. The zero-order chi connectivity index (χ0) is 51.1. The Labute approximate surface area is 414 Å². The van der Waals surface area contributed by atoms with Crippen LogP contribution in [0.3, 0.4) is 0 Å². The predicted octanol–water partition coefficient (Wildman–Crippen LogP) is 1.83. The average molecular weight is 1170 g/mol. The smallest absolute Gasteiger partial charge is 0.255 e. The largest absolute Gasteiger partial charge is 0.508 e. The molecule has 22 heteroatoms. The number of halogens is 2. The van der Waals surface area contributed by atoms with Gasteiger partial charge in [0, 0.05) is 99.8 Å². The summed E-state index contributed by atoms with van der Waals surface area (Å²) in [7, 11) is 13.5. The van der Waals surface area contributed by atoms with Crippen LogP contribution >= 0.6 is 37.2 Å². The Bertz CT molecular complexity index is 2530. The van der Waals surface area contributed by atoms with Crippen molar-refractivity contribution in [2.75, 3.05) is 66.2 Å². The molecule has 6 aliphatic carbocycles. The van der Waals surface area contributed by atoms with Crippen LogP contribution < -0.4 is 21.3 Å². The number of hydrogen-bond donors (Lipinski definition) is 10. The zero-order valence-electron chi connectivity index (χ0n) is 38.3. The van der Waals surface area contributed by atoms with E-state index in [9.17, 15) is 69.6 Å². The Morgan fingerprint density at radius 3 is 1.15 bits per heavy atom. The van der Waals surface area contributed by atoms with Gasteiger partial charge in [-0.15, -0.1) is 0 Å². The fourth-order valence-electron chi connectivity index (χ4n) is 11.3. The number of nitrogens with zero attached hydrogens (tertiary/aromatic N) is 4. The topological polar surface area (TPSA) is 329 Å². The van der Waals surface area contributed by atoms with Gasteiger partial charge in [-0.25, -0.2) is 0 Å². The molecule has 2 aromatic carbocycles. The molecule has 0 spiro atoms. The van der Waals surface area contributed by atoms with E-state index in [4.69, 9.17) is 11.5 Å². The first-order chi connectivity index (χ1) is 31.7. The van der Waals surface area contributed by atoms with E-state index in [0.29, 0.717) is 11.1 Å². The monoisotopic (exact) mass is 1170 g/mol. The van der Waals surface area contributed by atoms with Crippen molar-refractivity contribution in [1.29, 1.82) is 0 Å². The number of aliphatic hydroxyl groups is 6. The van der Waals surface area contributed by atoms with E-state index in [1.54, 1.807) is 40.3 Å². The summed E-state index contributed by atoms with van der Waals surface area (Å²) in [4.78, 5) is 84.0. The molecule has 2 saturated carbocycles. The molecule has 2 unspecified atom stereocenters. The number of carbonyl (C=O) groups excluding carboxylic acids is 6. The van der Waals surface area contributed by atoms with Gasteiger partial charge in [0.25, 0.3) is 11.8 Å². The number of ketones is 4. The summed E-state index contributed by atoms with van der Waals surface area (Å²) < 4.78 is 0. The van der Waals surface area contributed by atoms with Crippen LogP contribution in [-0.2, 0) is 41.6 Å². The lowest BCUT2D eigenvalue weighted by atomic mass is 9.57. The van der Waals surface area contributed by atoms with E-state index in [1.807, 2.05) is 38.0 Å². The van der Waals surface area contributed by atoms with E-state index < -0.39 is 116 Å². The zero-order valence-corrected chi connectivity index (χ0v) is 42.6. The highest BCUT2D eigenvalue weighted by molar-refractivity contribution is 15.0. The minimum absolute atomic E-state index is 0.0638. The van der Waals surface area contributed by atoms with Gasteiger partial charge >= 0.3 is 0 Å². The van der Waals surface area contributed by atoms with Crippen molar-refractivity contribution in [2.24, 2.45) is 35.1 Å². The van der Waals surface area contributed by atoms with Crippen LogP contribution in [0.5, 0.6) is 11.5 Å². The number of phenolic OH excluding ortho intramolecular Hbond substituents is 2. The molecule has 366 valence electrons. The number of hydrogen-bond acceptors (Lipinski definition) is 18. The molecule has 2 amide bonds. The molecule has 6 aliphatic rings. The number of rotatable bonds is 6. The number of Topliss-reactive ketones (excluding diaryl/α,β-unsaturated/α-hetero) is 4. The molecule has 8 rings (SSSR count). The van der Waals surface area contributed by atoms with Crippen LogP contribution in [0.1, 0.15) is 35.1 Å². The van der Waals surface area contributed by atoms with Gasteiger partial charge in [0.15, 0.2) is 22.8 Å². The molecule has 12 N–H and O–H groups in total. The number of phenols is 2. The van der Waals surface area contributed by atoms with Gasteiger partial charge in [0.1, 0.15) is 45.7 Å². The number of primary amides is 2. The van der Waals surface area contributed by atoms with E-state index >= 15 is 0 Å². The van der Waals surface area contributed by atoms with Crippen LogP contribution in [0, 0.1) is 23.7 Å². The maximum absolute atomic E-state index is 13.7. The van der Waals surface area contributed by atoms with Crippen molar-refractivity contribution in [2.45, 2.75) is 49.0 Å². The third-order valence-electron chi connectivity index (χ3n) is 14.1. The summed E-state index contributed by atoms with van der Waals surface area (Å²) in [6.07, 6.45) is 0.648.